The van der Waals surface area contributed by atoms with Crippen LogP contribution in [-0.4, -0.2) is 48.2 Å². The summed E-state index contributed by atoms with van der Waals surface area (Å²) in [6.07, 6.45) is 1.55. The second kappa shape index (κ2) is 23.7. The Morgan fingerprint density at radius 2 is 1.12 bits per heavy atom. The van der Waals surface area contributed by atoms with E-state index in [4.69, 9.17) is 5.73 Å². The van der Waals surface area contributed by atoms with E-state index in [0.29, 0.717) is 19.1 Å². The van der Waals surface area contributed by atoms with Gasteiger partial charge in [-0.05, 0) is 38.5 Å². The molecular formula is C24H52N4O4. The van der Waals surface area contributed by atoms with E-state index in [0.717, 1.165) is 0 Å². The highest BCUT2D eigenvalue weighted by Crippen LogP contribution is 2.06. The van der Waals surface area contributed by atoms with Crippen molar-refractivity contribution >= 4 is 24.0 Å². The molecule has 5 N–H and O–H groups in total. The maximum absolute atomic E-state index is 12.4. The first-order valence-electron chi connectivity index (χ1n) is 12.1. The summed E-state index contributed by atoms with van der Waals surface area (Å²) in [6.45, 7) is 22.8. The van der Waals surface area contributed by atoms with Crippen LogP contribution < -0.4 is 21.7 Å². The Morgan fingerprint density at radius 1 is 0.688 bits per heavy atom. The summed E-state index contributed by atoms with van der Waals surface area (Å²) in [5, 5.41) is 7.74. The van der Waals surface area contributed by atoms with Crippen molar-refractivity contribution in [3.05, 3.63) is 0 Å². The van der Waals surface area contributed by atoms with Gasteiger partial charge in [-0.15, -0.1) is 0 Å². The van der Waals surface area contributed by atoms with Gasteiger partial charge in [0.1, 0.15) is 18.4 Å². The Balaban J connectivity index is -0.000000597. The number of hydrogen-bond acceptors (Lipinski definition) is 5. The second-order valence-electron chi connectivity index (χ2n) is 7.59. The van der Waals surface area contributed by atoms with Gasteiger partial charge in [0.15, 0.2) is 0 Å². The van der Waals surface area contributed by atoms with Gasteiger partial charge in [-0.25, -0.2) is 0 Å². The average molecular weight is 461 g/mol. The number of carbonyl (C=O) groups excluding carboxylic acids is 4. The largest absolute Gasteiger partial charge is 0.345 e. The van der Waals surface area contributed by atoms with Gasteiger partial charge in [0.05, 0.1) is 12.1 Å². The molecule has 3 amide bonds. The van der Waals surface area contributed by atoms with E-state index in [1.54, 1.807) is 6.92 Å². The molecule has 0 aliphatic heterocycles. The maximum atomic E-state index is 12.4. The average Bonchev–Trinajstić information content (AvgIpc) is 2.76. The smallest absolute Gasteiger partial charge is 0.243 e. The Kier molecular flexibility index (Phi) is 27.7. The van der Waals surface area contributed by atoms with Crippen LogP contribution in [0.2, 0.25) is 0 Å². The molecule has 8 nitrogen and oxygen atoms in total. The van der Waals surface area contributed by atoms with Crippen LogP contribution in [0.5, 0.6) is 0 Å². The van der Waals surface area contributed by atoms with Crippen LogP contribution in [0.15, 0.2) is 0 Å². The first-order chi connectivity index (χ1) is 15.0. The molecule has 0 saturated carbocycles. The van der Waals surface area contributed by atoms with Crippen molar-refractivity contribution in [3.63, 3.8) is 0 Å². The number of nitrogens with one attached hydrogen (secondary N) is 3. The molecule has 0 bridgehead atoms. The molecule has 0 heterocycles. The summed E-state index contributed by atoms with van der Waals surface area (Å²) in [5.74, 6) is -0.891. The lowest BCUT2D eigenvalue weighted by Gasteiger charge is -2.24. The predicted molar refractivity (Wildman–Crippen MR) is 134 cm³/mol. The van der Waals surface area contributed by atoms with Crippen LogP contribution in [0.1, 0.15) is 95.9 Å². The molecule has 0 radical (unpaired) electrons. The van der Waals surface area contributed by atoms with Crippen LogP contribution in [0.3, 0.4) is 0 Å². The highest BCUT2D eigenvalue weighted by atomic mass is 16.2. The summed E-state index contributed by atoms with van der Waals surface area (Å²) in [5.41, 5.74) is 5.81. The molecule has 0 aromatic carbocycles. The van der Waals surface area contributed by atoms with Crippen LogP contribution in [-0.2, 0) is 19.2 Å². The number of rotatable bonds is 11. The zero-order valence-corrected chi connectivity index (χ0v) is 22.7. The summed E-state index contributed by atoms with van der Waals surface area (Å²) in [7, 11) is 0. The van der Waals surface area contributed by atoms with Crippen molar-refractivity contribution in [1.82, 2.24) is 16.0 Å². The number of amides is 3. The predicted octanol–water partition coefficient (Wildman–Crippen LogP) is 3.18. The fourth-order valence-corrected chi connectivity index (χ4v) is 2.36. The fraction of sp³-hybridized carbons (Fsp3) is 0.833. The van der Waals surface area contributed by atoms with E-state index >= 15 is 0 Å². The van der Waals surface area contributed by atoms with Crippen molar-refractivity contribution in [1.29, 1.82) is 0 Å². The highest BCUT2D eigenvalue weighted by molar-refractivity contribution is 5.93. The van der Waals surface area contributed by atoms with Gasteiger partial charge in [0.25, 0.3) is 0 Å². The van der Waals surface area contributed by atoms with Crippen molar-refractivity contribution < 1.29 is 19.2 Å². The van der Waals surface area contributed by atoms with Crippen LogP contribution in [0, 0.1) is 11.8 Å². The number of hydrogen-bond donors (Lipinski definition) is 4. The normalized spacial score (nSPS) is 13.3. The minimum absolute atomic E-state index is 0.155. The molecule has 4 unspecified atom stereocenters. The lowest BCUT2D eigenvalue weighted by molar-refractivity contribution is -0.132. The van der Waals surface area contributed by atoms with Crippen molar-refractivity contribution in [2.24, 2.45) is 17.6 Å². The summed E-state index contributed by atoms with van der Waals surface area (Å²) in [4.78, 5) is 47.4. The minimum atomic E-state index is -0.827. The standard InChI is InChI=1S/C18H34N4O4.3C2H6/c1-10(2)7-14(19)17(25)21-13(6)16(24)22-15(8-11(3)4)18(26)20-12(5)9-23;3*1-2/h9-15H,7-8,19H2,1-6H3,(H,20,26)(H,21,25)(H,22,24);3*1-2H3. The first kappa shape index (κ1) is 37.4. The van der Waals surface area contributed by atoms with Crippen molar-refractivity contribution in [2.75, 3.05) is 0 Å². The van der Waals surface area contributed by atoms with Crippen LogP contribution in [0.25, 0.3) is 0 Å². The van der Waals surface area contributed by atoms with Gasteiger partial charge in [0.2, 0.25) is 17.7 Å². The number of carbonyl (C=O) groups is 4. The molecule has 0 saturated heterocycles. The topological polar surface area (TPSA) is 130 Å². The maximum Gasteiger partial charge on any atom is 0.243 e. The molecule has 4 atom stereocenters. The van der Waals surface area contributed by atoms with E-state index in [9.17, 15) is 19.2 Å². The first-order valence-corrected chi connectivity index (χ1v) is 12.1. The minimum Gasteiger partial charge on any atom is -0.345 e. The zero-order chi connectivity index (χ0) is 26.4. The zero-order valence-electron chi connectivity index (χ0n) is 22.7. The Morgan fingerprint density at radius 3 is 1.50 bits per heavy atom. The lowest BCUT2D eigenvalue weighted by atomic mass is 10.0. The third-order valence-corrected chi connectivity index (χ3v) is 3.73. The number of nitrogens with two attached hydrogens (primary N) is 1. The highest BCUT2D eigenvalue weighted by Gasteiger charge is 2.26. The third-order valence-electron chi connectivity index (χ3n) is 3.73. The number of aldehydes is 1. The molecule has 0 spiro atoms. The van der Waals surface area contributed by atoms with Gasteiger partial charge in [-0.2, -0.15) is 0 Å². The van der Waals surface area contributed by atoms with Gasteiger partial charge >= 0.3 is 0 Å². The molecule has 0 aromatic heterocycles. The summed E-state index contributed by atoms with van der Waals surface area (Å²) >= 11 is 0. The molecule has 0 aliphatic carbocycles. The summed E-state index contributed by atoms with van der Waals surface area (Å²) in [6, 6.07) is -2.94. The molecular weight excluding hydrogens is 408 g/mol. The van der Waals surface area contributed by atoms with Crippen LogP contribution in [0.4, 0.5) is 0 Å². The van der Waals surface area contributed by atoms with E-state index < -0.39 is 41.9 Å². The Labute approximate surface area is 197 Å². The van der Waals surface area contributed by atoms with Crippen molar-refractivity contribution in [2.45, 2.75) is 120 Å². The molecule has 32 heavy (non-hydrogen) atoms. The second-order valence-corrected chi connectivity index (χ2v) is 7.59. The Hall–Kier alpha value is -1.96. The van der Waals surface area contributed by atoms with Crippen LogP contribution >= 0.6 is 0 Å². The monoisotopic (exact) mass is 460 g/mol. The van der Waals surface area contributed by atoms with Gasteiger partial charge in [-0.3, -0.25) is 14.4 Å². The summed E-state index contributed by atoms with van der Waals surface area (Å²) < 4.78 is 0. The molecule has 0 aliphatic rings. The fourth-order valence-electron chi connectivity index (χ4n) is 2.36. The van der Waals surface area contributed by atoms with Gasteiger partial charge in [-0.1, -0.05) is 69.2 Å². The van der Waals surface area contributed by atoms with Crippen molar-refractivity contribution in [3.8, 4) is 0 Å². The quantitative estimate of drug-likeness (QED) is 0.352. The molecule has 0 fully saturated rings. The molecule has 8 heteroatoms. The van der Waals surface area contributed by atoms with Gasteiger partial charge in [0, 0.05) is 0 Å². The molecule has 0 rings (SSSR count). The Bertz CT molecular complexity index is 496. The van der Waals surface area contributed by atoms with Gasteiger partial charge < -0.3 is 26.5 Å². The van der Waals surface area contributed by atoms with E-state index in [2.05, 4.69) is 16.0 Å². The lowest BCUT2D eigenvalue weighted by Crippen LogP contribution is -2.55. The molecule has 0 aromatic rings. The SMILES string of the molecule is CC.CC.CC.CC(C)CC(N)C(=O)NC(C)C(=O)NC(CC(C)C)C(=O)NC(C)C=O. The van der Waals surface area contributed by atoms with E-state index in [1.807, 2.05) is 69.2 Å². The van der Waals surface area contributed by atoms with E-state index in [-0.39, 0.29) is 11.8 Å². The van der Waals surface area contributed by atoms with E-state index in [1.165, 1.54) is 6.92 Å². The third kappa shape index (κ3) is 20.0. The molecule has 192 valence electrons.